The number of allylic oxidation sites excluding steroid dienone is 2. The van der Waals surface area contributed by atoms with Gasteiger partial charge in [0.25, 0.3) is 0 Å². The summed E-state index contributed by atoms with van der Waals surface area (Å²) in [6, 6.07) is 80.1. The molecule has 1 aliphatic rings. The number of fused-ring (bicyclic) bond motifs is 2. The molecule has 0 spiro atoms. The first-order chi connectivity index (χ1) is 41.9. The van der Waals surface area contributed by atoms with E-state index in [9.17, 15) is 9.90 Å². The molecule has 0 saturated heterocycles. The molecule has 1 aliphatic carbocycles. The topological polar surface area (TPSA) is 102 Å². The Kier molecular flexibility index (Phi) is 17.2. The van der Waals surface area contributed by atoms with Crippen LogP contribution in [-0.2, 0) is 39.6 Å². The molecule has 0 fully saturated rings. The number of carbonyl (C=O) groups is 1. The molecule has 0 heterocycles. The molecule has 11 aromatic rings. The highest BCUT2D eigenvalue weighted by atomic mass is 16.5. The molecule has 0 aromatic heterocycles. The molecule has 0 atom stereocenters. The molecule has 420 valence electrons. The Morgan fingerprint density at radius 2 is 0.635 bits per heavy atom. The molecule has 11 aromatic carbocycles. The Labute approximate surface area is 495 Å². The number of hydrogen-bond acceptors (Lipinski definition) is 8. The van der Waals surface area contributed by atoms with Gasteiger partial charge in [0.15, 0.2) is 0 Å². The highest BCUT2D eigenvalue weighted by molar-refractivity contribution is 6.21. The third-order valence-corrected chi connectivity index (χ3v) is 14.8. The normalized spacial score (nSPS) is 11.9. The maximum atomic E-state index is 11.8. The van der Waals surface area contributed by atoms with Crippen LogP contribution in [0.2, 0.25) is 0 Å². The average Bonchev–Trinajstić information content (AvgIpc) is 3.40. The van der Waals surface area contributed by atoms with E-state index in [-0.39, 0.29) is 25.4 Å². The van der Waals surface area contributed by atoms with Crippen LogP contribution in [0.1, 0.15) is 56.6 Å². The van der Waals surface area contributed by atoms with Gasteiger partial charge < -0.3 is 38.3 Å². The highest BCUT2D eigenvalue weighted by Crippen LogP contribution is 2.44. The molecule has 0 aliphatic heterocycles. The maximum absolute atomic E-state index is 11.8. The van der Waals surface area contributed by atoms with Crippen molar-refractivity contribution in [3.05, 3.63) is 305 Å². The summed E-state index contributed by atoms with van der Waals surface area (Å²) in [6.07, 6.45) is 8.57. The SMILES string of the molecule is O=C(O)c1ccc(-c2c3ccccc3c(-c3ccc(OCc4cc(OCc5cc(OCC6=CCCC=C6)cc(OCc6ccccc6)c5)cc(OCc5cc(OCc6ccccc6)cc(OCc6ccccc6)c5)c4)cc3)c3ccccc23)cc1. The van der Waals surface area contributed by atoms with Crippen LogP contribution in [0.25, 0.3) is 43.8 Å². The van der Waals surface area contributed by atoms with E-state index in [1.54, 1.807) is 12.1 Å². The van der Waals surface area contributed by atoms with Crippen molar-refractivity contribution < 1.29 is 43.1 Å². The Morgan fingerprint density at radius 1 is 0.318 bits per heavy atom. The molecular weight excluding hydrogens is 1060 g/mol. The lowest BCUT2D eigenvalue weighted by atomic mass is 9.86. The molecule has 0 unspecified atom stereocenters. The smallest absolute Gasteiger partial charge is 0.335 e. The zero-order valence-electron chi connectivity index (χ0n) is 46.9. The fraction of sp³-hybridized carbons (Fsp3) is 0.118. The minimum absolute atomic E-state index is 0.212. The molecule has 0 amide bonds. The summed E-state index contributed by atoms with van der Waals surface area (Å²) in [7, 11) is 0. The second-order valence-electron chi connectivity index (χ2n) is 20.9. The Hall–Kier alpha value is -10.5. The van der Waals surface area contributed by atoms with E-state index < -0.39 is 5.97 Å². The van der Waals surface area contributed by atoms with Crippen molar-refractivity contribution in [2.24, 2.45) is 0 Å². The van der Waals surface area contributed by atoms with Gasteiger partial charge in [-0.3, -0.25) is 0 Å². The summed E-state index contributed by atoms with van der Waals surface area (Å²) in [6.45, 7) is 2.30. The molecule has 1 N–H and O–H groups in total. The fourth-order valence-electron chi connectivity index (χ4n) is 10.6. The van der Waals surface area contributed by atoms with Gasteiger partial charge in [-0.2, -0.15) is 0 Å². The lowest BCUT2D eigenvalue weighted by molar-refractivity contribution is 0.0696. The summed E-state index contributed by atoms with van der Waals surface area (Å²) in [5, 5.41) is 14.0. The van der Waals surface area contributed by atoms with Crippen molar-refractivity contribution in [1.29, 1.82) is 0 Å². The molecule has 85 heavy (non-hydrogen) atoms. The maximum Gasteiger partial charge on any atom is 0.335 e. The lowest BCUT2D eigenvalue weighted by Gasteiger charge is -2.18. The van der Waals surface area contributed by atoms with Gasteiger partial charge in [0.05, 0.1) is 5.56 Å². The second-order valence-corrected chi connectivity index (χ2v) is 20.9. The molecule has 0 bridgehead atoms. The quantitative estimate of drug-likeness (QED) is 0.0593. The van der Waals surface area contributed by atoms with Crippen LogP contribution in [0.5, 0.6) is 40.2 Å². The third kappa shape index (κ3) is 14.2. The van der Waals surface area contributed by atoms with E-state index in [2.05, 4.69) is 66.8 Å². The summed E-state index contributed by atoms with van der Waals surface area (Å²) in [4.78, 5) is 11.8. The van der Waals surface area contributed by atoms with Crippen LogP contribution in [0.15, 0.2) is 266 Å². The van der Waals surface area contributed by atoms with Crippen LogP contribution in [0, 0.1) is 0 Å². The molecule has 9 nitrogen and oxygen atoms in total. The van der Waals surface area contributed by atoms with Crippen molar-refractivity contribution in [1.82, 2.24) is 0 Å². The van der Waals surface area contributed by atoms with Crippen molar-refractivity contribution in [3.63, 3.8) is 0 Å². The summed E-state index contributed by atoms with van der Waals surface area (Å²) in [5.41, 5.74) is 11.3. The predicted molar refractivity (Wildman–Crippen MR) is 336 cm³/mol. The van der Waals surface area contributed by atoms with Crippen molar-refractivity contribution >= 4 is 27.5 Å². The molecule has 0 radical (unpaired) electrons. The first-order valence-corrected chi connectivity index (χ1v) is 28.6. The number of ether oxygens (including phenoxy) is 7. The Balaban J connectivity index is 0.823. The van der Waals surface area contributed by atoms with Crippen LogP contribution in [-0.4, -0.2) is 17.7 Å². The van der Waals surface area contributed by atoms with Crippen LogP contribution < -0.4 is 33.2 Å². The van der Waals surface area contributed by atoms with Gasteiger partial charge in [-0.15, -0.1) is 0 Å². The van der Waals surface area contributed by atoms with E-state index in [0.29, 0.717) is 66.7 Å². The van der Waals surface area contributed by atoms with Gasteiger partial charge in [-0.1, -0.05) is 182 Å². The van der Waals surface area contributed by atoms with Gasteiger partial charge in [-0.05, 0) is 156 Å². The average molecular weight is 1120 g/mol. The van der Waals surface area contributed by atoms with E-state index in [1.165, 1.54) is 0 Å². The number of aromatic carboxylic acids is 1. The number of carboxylic acid groups (broad SMARTS) is 1. The zero-order valence-corrected chi connectivity index (χ0v) is 46.9. The fourth-order valence-corrected chi connectivity index (χ4v) is 10.6. The van der Waals surface area contributed by atoms with Gasteiger partial charge in [-0.25, -0.2) is 4.79 Å². The van der Waals surface area contributed by atoms with Gasteiger partial charge in [0, 0.05) is 18.2 Å². The first-order valence-electron chi connectivity index (χ1n) is 28.6. The largest absolute Gasteiger partial charge is 0.489 e. The molecular formula is C76H62O9. The number of carboxylic acids is 1. The third-order valence-electron chi connectivity index (χ3n) is 14.8. The highest BCUT2D eigenvalue weighted by Gasteiger charge is 2.18. The zero-order chi connectivity index (χ0) is 57.6. The number of hydrogen-bond donors (Lipinski definition) is 1. The van der Waals surface area contributed by atoms with E-state index in [1.807, 2.05) is 182 Å². The standard InChI is InChI=1S/C76H62O9/c77-76(78)62-31-29-60(30-32-62)74-70-25-13-15-27-72(70)75(73-28-16-14-26-71(73)74)61-33-35-63(36-34-61)79-50-57-37-68(84-51-58-39-64(80-46-53-17-5-1-6-18-53)43-65(40-58)81-47-54-19-7-2-8-20-54)45-69(38-57)85-52-59-41-66(82-48-55-21-9-3-10-22-55)44-67(42-59)83-49-56-23-11-4-12-24-56/h1-3,5-11,13-45H,4,12,46-52H2,(H,77,78). The minimum Gasteiger partial charge on any atom is -0.489 e. The van der Waals surface area contributed by atoms with Crippen LogP contribution in [0.4, 0.5) is 0 Å². The lowest BCUT2D eigenvalue weighted by Crippen LogP contribution is -2.04. The second kappa shape index (κ2) is 26.6. The predicted octanol–water partition coefficient (Wildman–Crippen LogP) is 18.2. The monoisotopic (exact) mass is 1120 g/mol. The summed E-state index contributed by atoms with van der Waals surface area (Å²) < 4.78 is 45.4. The minimum atomic E-state index is -0.954. The van der Waals surface area contributed by atoms with Crippen LogP contribution >= 0.6 is 0 Å². The van der Waals surface area contributed by atoms with E-state index in [0.717, 1.165) is 95.6 Å². The summed E-state index contributed by atoms with van der Waals surface area (Å²) >= 11 is 0. The van der Waals surface area contributed by atoms with E-state index in [4.69, 9.17) is 33.2 Å². The molecule has 12 rings (SSSR count). The molecule has 9 heteroatoms. The van der Waals surface area contributed by atoms with Crippen LogP contribution in [0.3, 0.4) is 0 Å². The number of rotatable bonds is 24. The molecule has 0 saturated carbocycles. The first kappa shape index (κ1) is 55.0. The number of benzene rings is 11. The van der Waals surface area contributed by atoms with E-state index >= 15 is 0 Å². The summed E-state index contributed by atoms with van der Waals surface area (Å²) in [5.74, 6) is 3.61. The van der Waals surface area contributed by atoms with Gasteiger partial charge >= 0.3 is 5.97 Å². The van der Waals surface area contributed by atoms with Gasteiger partial charge in [0.2, 0.25) is 0 Å². The van der Waals surface area contributed by atoms with Crippen molar-refractivity contribution in [2.45, 2.75) is 52.5 Å². The van der Waals surface area contributed by atoms with Crippen molar-refractivity contribution in [2.75, 3.05) is 6.61 Å². The van der Waals surface area contributed by atoms with Crippen molar-refractivity contribution in [3.8, 4) is 62.5 Å². The van der Waals surface area contributed by atoms with Gasteiger partial charge in [0.1, 0.15) is 86.5 Å². The Bertz CT molecular complexity index is 4020. The Morgan fingerprint density at radius 3 is 0.976 bits per heavy atom.